The van der Waals surface area contributed by atoms with Crippen LogP contribution in [-0.4, -0.2) is 32.8 Å². The fourth-order valence-corrected chi connectivity index (χ4v) is 2.32. The predicted molar refractivity (Wildman–Crippen MR) is 80.3 cm³/mol. The van der Waals surface area contributed by atoms with Crippen LogP contribution >= 0.6 is 12.2 Å². The summed E-state index contributed by atoms with van der Waals surface area (Å²) < 4.78 is 32.2. The quantitative estimate of drug-likeness (QED) is 0.469. The molecule has 2 N–H and O–H groups in total. The van der Waals surface area contributed by atoms with Crippen molar-refractivity contribution < 1.29 is 22.1 Å². The maximum absolute atomic E-state index is 11.5. The molecule has 2 rings (SSSR count). The van der Waals surface area contributed by atoms with E-state index in [1.165, 1.54) is 13.2 Å². The van der Waals surface area contributed by atoms with Crippen LogP contribution in [0.2, 0.25) is 0 Å². The summed E-state index contributed by atoms with van der Waals surface area (Å²) >= 11 is 4.82. The van der Waals surface area contributed by atoms with Gasteiger partial charge in [0.25, 0.3) is 5.91 Å². The number of amides is 1. The Bertz CT molecular complexity index is 740. The highest BCUT2D eigenvalue weighted by Gasteiger charge is 2.20. The van der Waals surface area contributed by atoms with Crippen molar-refractivity contribution in [2.24, 2.45) is 0 Å². The number of hydrogen-bond donors (Lipinski definition) is 2. The second-order valence-corrected chi connectivity index (χ2v) is 6.15. The SMILES string of the molecule is COc1cc(/C=C2/NC(=S)NC2=O)ccc1OS(C)(=O)=O. The number of ether oxygens (including phenoxy) is 1. The third-order valence-corrected chi connectivity index (χ3v) is 3.15. The molecule has 112 valence electrons. The molecule has 1 aliphatic heterocycles. The maximum Gasteiger partial charge on any atom is 0.306 e. The second-order valence-electron chi connectivity index (χ2n) is 4.16. The Labute approximate surface area is 127 Å². The zero-order valence-corrected chi connectivity index (χ0v) is 12.8. The highest BCUT2D eigenvalue weighted by atomic mass is 32.2. The van der Waals surface area contributed by atoms with Gasteiger partial charge in [-0.1, -0.05) is 6.07 Å². The molecule has 1 heterocycles. The summed E-state index contributed by atoms with van der Waals surface area (Å²) in [6.07, 6.45) is 2.50. The van der Waals surface area contributed by atoms with E-state index in [4.69, 9.17) is 21.1 Å². The van der Waals surface area contributed by atoms with Gasteiger partial charge in [-0.2, -0.15) is 8.42 Å². The van der Waals surface area contributed by atoms with E-state index in [2.05, 4.69) is 10.6 Å². The molecular formula is C12H12N2O5S2. The molecule has 0 aromatic heterocycles. The minimum atomic E-state index is -3.65. The second kappa shape index (κ2) is 5.70. The smallest absolute Gasteiger partial charge is 0.306 e. The summed E-state index contributed by atoms with van der Waals surface area (Å²) in [4.78, 5) is 11.5. The standard InChI is InChI=1S/C12H12N2O5S2/c1-18-10-6-7(3-4-9(10)19-21(2,16)17)5-8-11(15)14-12(20)13-8/h3-6H,1-2H3,(H2,13,14,15,20)/b8-5+. The number of thiocarbonyl (C=S) groups is 1. The molecule has 9 heteroatoms. The van der Waals surface area contributed by atoms with Gasteiger partial charge in [-0.3, -0.25) is 10.1 Å². The zero-order chi connectivity index (χ0) is 15.6. The fraction of sp³-hybridized carbons (Fsp3) is 0.167. The zero-order valence-electron chi connectivity index (χ0n) is 11.2. The first-order chi connectivity index (χ1) is 9.78. The molecule has 1 amide bonds. The van der Waals surface area contributed by atoms with E-state index in [1.807, 2.05) is 0 Å². The number of rotatable bonds is 4. The van der Waals surface area contributed by atoms with Crippen molar-refractivity contribution in [2.45, 2.75) is 0 Å². The minimum absolute atomic E-state index is 0.0708. The Morgan fingerprint density at radius 3 is 2.48 bits per heavy atom. The van der Waals surface area contributed by atoms with E-state index in [0.717, 1.165) is 6.26 Å². The van der Waals surface area contributed by atoms with Crippen molar-refractivity contribution in [1.29, 1.82) is 0 Å². The molecule has 0 unspecified atom stereocenters. The summed E-state index contributed by atoms with van der Waals surface area (Å²) in [5, 5.41) is 5.37. The normalized spacial score (nSPS) is 16.6. The molecule has 1 saturated heterocycles. The largest absolute Gasteiger partial charge is 0.493 e. The number of nitrogens with one attached hydrogen (secondary N) is 2. The summed E-state index contributed by atoms with van der Waals surface area (Å²) in [6.45, 7) is 0. The Kier molecular flexibility index (Phi) is 4.14. The van der Waals surface area contributed by atoms with Crippen LogP contribution in [0, 0.1) is 0 Å². The van der Waals surface area contributed by atoms with Crippen molar-refractivity contribution in [3.63, 3.8) is 0 Å². The molecule has 0 aliphatic carbocycles. The summed E-state index contributed by atoms with van der Waals surface area (Å²) in [7, 11) is -2.26. The molecule has 0 radical (unpaired) electrons. The number of benzene rings is 1. The van der Waals surface area contributed by atoms with Gasteiger partial charge in [-0.15, -0.1) is 0 Å². The van der Waals surface area contributed by atoms with Crippen LogP contribution in [0.15, 0.2) is 23.9 Å². The minimum Gasteiger partial charge on any atom is -0.493 e. The van der Waals surface area contributed by atoms with Gasteiger partial charge in [0.1, 0.15) is 5.70 Å². The first-order valence-corrected chi connectivity index (χ1v) is 7.92. The van der Waals surface area contributed by atoms with Crippen molar-refractivity contribution in [1.82, 2.24) is 10.6 Å². The van der Waals surface area contributed by atoms with E-state index in [-0.39, 0.29) is 22.5 Å². The highest BCUT2D eigenvalue weighted by Crippen LogP contribution is 2.29. The lowest BCUT2D eigenvalue weighted by Crippen LogP contribution is -2.21. The van der Waals surface area contributed by atoms with Gasteiger partial charge >= 0.3 is 10.1 Å². The van der Waals surface area contributed by atoms with Crippen LogP contribution in [0.3, 0.4) is 0 Å². The summed E-state index contributed by atoms with van der Waals surface area (Å²) in [5.41, 5.74) is 0.911. The number of hydrogen-bond acceptors (Lipinski definition) is 6. The van der Waals surface area contributed by atoms with Crippen LogP contribution in [0.25, 0.3) is 6.08 Å². The average molecular weight is 328 g/mol. The van der Waals surface area contributed by atoms with Crippen LogP contribution in [0.5, 0.6) is 11.5 Å². The first-order valence-electron chi connectivity index (χ1n) is 5.70. The van der Waals surface area contributed by atoms with Gasteiger partial charge in [0, 0.05) is 0 Å². The molecule has 0 atom stereocenters. The van der Waals surface area contributed by atoms with Crippen molar-refractivity contribution in [2.75, 3.05) is 13.4 Å². The van der Waals surface area contributed by atoms with Gasteiger partial charge in [0.15, 0.2) is 16.6 Å². The Balaban J connectivity index is 2.33. The van der Waals surface area contributed by atoms with Gasteiger partial charge in [0.2, 0.25) is 0 Å². The van der Waals surface area contributed by atoms with E-state index in [0.29, 0.717) is 11.3 Å². The predicted octanol–water partition coefficient (Wildman–Crippen LogP) is 0.379. The first kappa shape index (κ1) is 15.3. The molecule has 1 aromatic rings. The topological polar surface area (TPSA) is 93.7 Å². The van der Waals surface area contributed by atoms with Crippen molar-refractivity contribution in [3.8, 4) is 11.5 Å². The van der Waals surface area contributed by atoms with Gasteiger partial charge in [0.05, 0.1) is 13.4 Å². The van der Waals surface area contributed by atoms with Crippen LogP contribution in [0.4, 0.5) is 0 Å². The Hall–Kier alpha value is -2.13. The third-order valence-electron chi connectivity index (χ3n) is 2.46. The van der Waals surface area contributed by atoms with Gasteiger partial charge in [-0.25, -0.2) is 0 Å². The van der Waals surface area contributed by atoms with Crippen LogP contribution in [0.1, 0.15) is 5.56 Å². The molecule has 1 fully saturated rings. The fourth-order valence-electron chi connectivity index (χ4n) is 1.65. The molecule has 0 saturated carbocycles. The van der Waals surface area contributed by atoms with Crippen molar-refractivity contribution >= 4 is 39.4 Å². The third kappa shape index (κ3) is 3.92. The molecule has 1 aliphatic rings. The summed E-state index contributed by atoms with van der Waals surface area (Å²) in [6, 6.07) is 4.58. The maximum atomic E-state index is 11.5. The molecule has 1 aromatic carbocycles. The molecular weight excluding hydrogens is 316 g/mol. The Morgan fingerprint density at radius 2 is 1.95 bits per heavy atom. The van der Waals surface area contributed by atoms with Crippen molar-refractivity contribution in [3.05, 3.63) is 29.5 Å². The number of carbonyl (C=O) groups excluding carboxylic acids is 1. The number of carbonyl (C=O) groups is 1. The van der Waals surface area contributed by atoms with E-state index < -0.39 is 10.1 Å². The number of methoxy groups -OCH3 is 1. The lowest BCUT2D eigenvalue weighted by molar-refractivity contribution is -0.115. The van der Waals surface area contributed by atoms with Crippen LogP contribution < -0.4 is 19.6 Å². The molecule has 0 bridgehead atoms. The van der Waals surface area contributed by atoms with Crippen LogP contribution in [-0.2, 0) is 14.9 Å². The monoisotopic (exact) mass is 328 g/mol. The highest BCUT2D eigenvalue weighted by molar-refractivity contribution is 7.86. The molecule has 7 nitrogen and oxygen atoms in total. The molecule has 0 spiro atoms. The summed E-state index contributed by atoms with van der Waals surface area (Å²) in [5.74, 6) is -0.0345. The van der Waals surface area contributed by atoms with E-state index >= 15 is 0 Å². The lowest BCUT2D eigenvalue weighted by Gasteiger charge is -2.09. The van der Waals surface area contributed by atoms with Gasteiger partial charge < -0.3 is 14.2 Å². The molecule has 21 heavy (non-hydrogen) atoms. The van der Waals surface area contributed by atoms with E-state index in [1.54, 1.807) is 18.2 Å². The average Bonchev–Trinajstić information content (AvgIpc) is 2.68. The Morgan fingerprint density at radius 1 is 1.24 bits per heavy atom. The van der Waals surface area contributed by atoms with Gasteiger partial charge in [-0.05, 0) is 36.0 Å². The lowest BCUT2D eigenvalue weighted by atomic mass is 10.1. The van der Waals surface area contributed by atoms with E-state index in [9.17, 15) is 13.2 Å².